The molecule has 130 valence electrons. The summed E-state index contributed by atoms with van der Waals surface area (Å²) in [6.45, 7) is 5.11. The van der Waals surface area contributed by atoms with E-state index in [0.717, 1.165) is 49.1 Å². The molecule has 1 aromatic carbocycles. The van der Waals surface area contributed by atoms with Gasteiger partial charge in [-0.1, -0.05) is 19.1 Å². The first kappa shape index (κ1) is 20.8. The van der Waals surface area contributed by atoms with Crippen molar-refractivity contribution in [3.05, 3.63) is 28.7 Å². The third kappa shape index (κ3) is 6.65. The predicted molar refractivity (Wildman–Crippen MR) is 105 cm³/mol. The highest BCUT2D eigenvalue weighted by atomic mass is 79.9. The van der Waals surface area contributed by atoms with Crippen molar-refractivity contribution in [1.82, 2.24) is 10.2 Å². The van der Waals surface area contributed by atoms with E-state index >= 15 is 0 Å². The van der Waals surface area contributed by atoms with Crippen LogP contribution in [0.15, 0.2) is 33.6 Å². The highest BCUT2D eigenvalue weighted by Crippen LogP contribution is 2.27. The van der Waals surface area contributed by atoms with Gasteiger partial charge in [0, 0.05) is 34.1 Å². The third-order valence-electron chi connectivity index (χ3n) is 3.94. The SMILES string of the molecule is CCCN(C(=O)CCSc1ccccc1Br)C1CCNCC1.Cl. The van der Waals surface area contributed by atoms with Crippen LogP contribution in [0.2, 0.25) is 0 Å². The van der Waals surface area contributed by atoms with E-state index in [-0.39, 0.29) is 12.4 Å². The monoisotopic (exact) mass is 420 g/mol. The molecule has 0 bridgehead atoms. The van der Waals surface area contributed by atoms with E-state index in [0.29, 0.717) is 18.4 Å². The second kappa shape index (κ2) is 11.3. The van der Waals surface area contributed by atoms with E-state index < -0.39 is 0 Å². The van der Waals surface area contributed by atoms with Gasteiger partial charge in [0.1, 0.15) is 0 Å². The number of piperidine rings is 1. The maximum Gasteiger partial charge on any atom is 0.223 e. The Morgan fingerprint density at radius 3 is 2.70 bits per heavy atom. The summed E-state index contributed by atoms with van der Waals surface area (Å²) in [5.41, 5.74) is 0. The quantitative estimate of drug-likeness (QED) is 0.665. The van der Waals surface area contributed by atoms with E-state index in [1.54, 1.807) is 11.8 Å². The van der Waals surface area contributed by atoms with Gasteiger partial charge in [0.05, 0.1) is 0 Å². The van der Waals surface area contributed by atoms with Crippen molar-refractivity contribution in [1.29, 1.82) is 0 Å². The average Bonchev–Trinajstić information content (AvgIpc) is 2.55. The molecule has 23 heavy (non-hydrogen) atoms. The number of rotatable bonds is 7. The van der Waals surface area contributed by atoms with Gasteiger partial charge in [-0.2, -0.15) is 0 Å². The van der Waals surface area contributed by atoms with Crippen LogP contribution in [0, 0.1) is 0 Å². The number of nitrogens with zero attached hydrogens (tertiary/aromatic N) is 1. The smallest absolute Gasteiger partial charge is 0.223 e. The lowest BCUT2D eigenvalue weighted by molar-refractivity contribution is -0.133. The number of nitrogens with one attached hydrogen (secondary N) is 1. The third-order valence-corrected chi connectivity index (χ3v) is 5.97. The van der Waals surface area contributed by atoms with Crippen LogP contribution in [0.5, 0.6) is 0 Å². The van der Waals surface area contributed by atoms with E-state index in [4.69, 9.17) is 0 Å². The number of hydrogen-bond donors (Lipinski definition) is 1. The second-order valence-corrected chi connectivity index (χ2v) is 7.59. The predicted octanol–water partition coefficient (Wildman–Crippen LogP) is 4.34. The zero-order valence-electron chi connectivity index (χ0n) is 13.6. The topological polar surface area (TPSA) is 32.3 Å². The van der Waals surface area contributed by atoms with Crippen molar-refractivity contribution in [2.45, 2.75) is 43.5 Å². The van der Waals surface area contributed by atoms with Crippen LogP contribution in [0.1, 0.15) is 32.6 Å². The molecule has 0 atom stereocenters. The van der Waals surface area contributed by atoms with E-state index in [9.17, 15) is 4.79 Å². The molecule has 1 aliphatic heterocycles. The first-order valence-corrected chi connectivity index (χ1v) is 9.87. The van der Waals surface area contributed by atoms with Crippen LogP contribution >= 0.6 is 40.1 Å². The minimum Gasteiger partial charge on any atom is -0.340 e. The molecule has 6 heteroatoms. The Hall–Kier alpha value is -0.230. The van der Waals surface area contributed by atoms with Crippen LogP contribution < -0.4 is 5.32 Å². The minimum atomic E-state index is 0. The number of thioether (sulfide) groups is 1. The Labute approximate surface area is 158 Å². The lowest BCUT2D eigenvalue weighted by atomic mass is 10.0. The Bertz CT molecular complexity index is 483. The van der Waals surface area contributed by atoms with Crippen LogP contribution in [-0.2, 0) is 4.79 Å². The van der Waals surface area contributed by atoms with Gasteiger partial charge in [0.2, 0.25) is 5.91 Å². The largest absolute Gasteiger partial charge is 0.340 e. The van der Waals surface area contributed by atoms with Crippen molar-refractivity contribution >= 4 is 46.0 Å². The Morgan fingerprint density at radius 2 is 2.04 bits per heavy atom. The van der Waals surface area contributed by atoms with Crippen molar-refractivity contribution in [3.63, 3.8) is 0 Å². The molecule has 0 aromatic heterocycles. The van der Waals surface area contributed by atoms with Gasteiger partial charge < -0.3 is 10.2 Å². The van der Waals surface area contributed by atoms with E-state index in [1.807, 2.05) is 18.2 Å². The standard InChI is InChI=1S/C17H25BrN2OS.ClH/c1-2-12-20(14-7-10-19-11-8-14)17(21)9-13-22-16-6-4-3-5-15(16)18;/h3-6,14,19H,2,7-13H2,1H3;1H. The van der Waals surface area contributed by atoms with Gasteiger partial charge in [-0.3, -0.25) is 4.79 Å². The van der Waals surface area contributed by atoms with Crippen LogP contribution in [0.25, 0.3) is 0 Å². The van der Waals surface area contributed by atoms with Gasteiger partial charge in [0.15, 0.2) is 0 Å². The summed E-state index contributed by atoms with van der Waals surface area (Å²) in [5.74, 6) is 1.15. The van der Waals surface area contributed by atoms with Crippen LogP contribution in [-0.4, -0.2) is 42.2 Å². The summed E-state index contributed by atoms with van der Waals surface area (Å²) in [6.07, 6.45) is 3.83. The molecule has 1 saturated heterocycles. The van der Waals surface area contributed by atoms with Crippen molar-refractivity contribution in [2.24, 2.45) is 0 Å². The fraction of sp³-hybridized carbons (Fsp3) is 0.588. The van der Waals surface area contributed by atoms with Crippen LogP contribution in [0.4, 0.5) is 0 Å². The number of carbonyl (C=O) groups excluding carboxylic acids is 1. The fourth-order valence-electron chi connectivity index (χ4n) is 2.82. The van der Waals surface area contributed by atoms with Crippen LogP contribution in [0.3, 0.4) is 0 Å². The molecular weight excluding hydrogens is 396 g/mol. The molecule has 1 aromatic rings. The molecule has 0 aliphatic carbocycles. The highest BCUT2D eigenvalue weighted by Gasteiger charge is 2.24. The molecule has 1 fully saturated rings. The Morgan fingerprint density at radius 1 is 1.35 bits per heavy atom. The summed E-state index contributed by atoms with van der Waals surface area (Å²) < 4.78 is 1.11. The first-order valence-electron chi connectivity index (χ1n) is 8.10. The molecule has 0 spiro atoms. The molecular formula is C17H26BrClN2OS. The van der Waals surface area contributed by atoms with Gasteiger partial charge in [-0.15, -0.1) is 24.2 Å². The molecule has 0 radical (unpaired) electrons. The van der Waals surface area contributed by atoms with Crippen molar-refractivity contribution < 1.29 is 4.79 Å². The molecule has 1 N–H and O–H groups in total. The molecule has 2 rings (SSSR count). The zero-order chi connectivity index (χ0) is 15.8. The summed E-state index contributed by atoms with van der Waals surface area (Å²) >= 11 is 5.31. The van der Waals surface area contributed by atoms with E-state index in [2.05, 4.69) is 39.1 Å². The number of hydrogen-bond acceptors (Lipinski definition) is 3. The van der Waals surface area contributed by atoms with Gasteiger partial charge in [-0.25, -0.2) is 0 Å². The number of benzene rings is 1. The summed E-state index contributed by atoms with van der Waals surface area (Å²) in [5, 5.41) is 3.37. The van der Waals surface area contributed by atoms with Crippen molar-refractivity contribution in [3.8, 4) is 0 Å². The fourth-order valence-corrected chi connectivity index (χ4v) is 4.33. The minimum absolute atomic E-state index is 0. The second-order valence-electron chi connectivity index (χ2n) is 5.60. The van der Waals surface area contributed by atoms with Gasteiger partial charge in [-0.05, 0) is 60.4 Å². The molecule has 1 amide bonds. The Balaban J connectivity index is 0.00000264. The molecule has 0 unspecified atom stereocenters. The highest BCUT2D eigenvalue weighted by molar-refractivity contribution is 9.10. The maximum absolute atomic E-state index is 12.6. The van der Waals surface area contributed by atoms with Crippen molar-refractivity contribution in [2.75, 3.05) is 25.4 Å². The molecule has 0 saturated carbocycles. The Kier molecular flexibility index (Phi) is 10.3. The number of halogens is 2. The van der Waals surface area contributed by atoms with E-state index in [1.165, 1.54) is 4.90 Å². The molecule has 1 heterocycles. The molecule has 3 nitrogen and oxygen atoms in total. The zero-order valence-corrected chi connectivity index (χ0v) is 16.8. The lowest BCUT2D eigenvalue weighted by Crippen LogP contribution is -2.46. The summed E-state index contributed by atoms with van der Waals surface area (Å²) in [7, 11) is 0. The normalized spacial score (nSPS) is 15.0. The average molecular weight is 422 g/mol. The maximum atomic E-state index is 12.6. The lowest BCUT2D eigenvalue weighted by Gasteiger charge is -2.34. The number of amides is 1. The first-order chi connectivity index (χ1) is 10.7. The summed E-state index contributed by atoms with van der Waals surface area (Å²) in [6, 6.07) is 8.62. The molecule has 1 aliphatic rings. The van der Waals surface area contributed by atoms with Gasteiger partial charge >= 0.3 is 0 Å². The summed E-state index contributed by atoms with van der Waals surface area (Å²) in [4.78, 5) is 15.9. The number of carbonyl (C=O) groups is 1. The van der Waals surface area contributed by atoms with Gasteiger partial charge in [0.25, 0.3) is 0 Å².